The summed E-state index contributed by atoms with van der Waals surface area (Å²) in [6.07, 6.45) is 0. The maximum absolute atomic E-state index is 10.8. The molecule has 0 aliphatic rings. The largest absolute Gasteiger partial charge is 0.496 e. The van der Waals surface area contributed by atoms with E-state index in [2.05, 4.69) is 5.32 Å². The van der Waals surface area contributed by atoms with E-state index in [0.29, 0.717) is 23.8 Å². The molecule has 2 aromatic carbocycles. The molecule has 2 rings (SSSR count). The summed E-state index contributed by atoms with van der Waals surface area (Å²) in [6, 6.07) is 8.31. The van der Waals surface area contributed by atoms with Crippen molar-refractivity contribution in [3.05, 3.63) is 51.6 Å². The van der Waals surface area contributed by atoms with Gasteiger partial charge in [-0.2, -0.15) is 0 Å². The third-order valence-electron chi connectivity index (χ3n) is 3.86. The monoisotopic (exact) mass is 422 g/mol. The lowest BCUT2D eigenvalue weighted by atomic mass is 10.1. The first-order valence-corrected chi connectivity index (χ1v) is 8.38. The van der Waals surface area contributed by atoms with Gasteiger partial charge in [-0.25, -0.2) is 9.59 Å². The van der Waals surface area contributed by atoms with Crippen molar-refractivity contribution in [3.8, 4) is 17.2 Å². The second kappa shape index (κ2) is 11.1. The van der Waals surface area contributed by atoms with Crippen LogP contribution in [0.25, 0.3) is 0 Å². The van der Waals surface area contributed by atoms with Gasteiger partial charge in [0.2, 0.25) is 0 Å². The van der Waals surface area contributed by atoms with Gasteiger partial charge < -0.3 is 29.7 Å². The number of anilines is 1. The molecule has 3 N–H and O–H groups in total. The standard InChI is InChI=1S/C17H20N2O5.C2H2O4/c1-11-7-13(19(20)21)5-6-14(11)18-10-12-8-16(23-3)17(24-4)9-15(12)22-2;3-1(4)2(5)6/h5-9,18H,10H2,1-4H3;(H,3,4)(H,5,6). The van der Waals surface area contributed by atoms with Crippen LogP contribution in [0, 0.1) is 17.0 Å². The lowest BCUT2D eigenvalue weighted by Gasteiger charge is -2.15. The number of aryl methyl sites for hydroxylation is 1. The van der Waals surface area contributed by atoms with E-state index in [4.69, 9.17) is 34.0 Å². The number of carbonyl (C=O) groups is 2. The molecular weight excluding hydrogens is 400 g/mol. The maximum Gasteiger partial charge on any atom is 0.414 e. The molecule has 0 amide bonds. The highest BCUT2D eigenvalue weighted by molar-refractivity contribution is 6.27. The smallest absolute Gasteiger partial charge is 0.414 e. The molecule has 0 spiro atoms. The van der Waals surface area contributed by atoms with E-state index in [1.54, 1.807) is 33.5 Å². The van der Waals surface area contributed by atoms with E-state index in [9.17, 15) is 10.1 Å². The Hall–Kier alpha value is -4.02. The Balaban J connectivity index is 0.000000656. The minimum Gasteiger partial charge on any atom is -0.496 e. The lowest BCUT2D eigenvalue weighted by molar-refractivity contribution is -0.384. The van der Waals surface area contributed by atoms with Crippen molar-refractivity contribution in [3.63, 3.8) is 0 Å². The number of nitrogens with zero attached hydrogens (tertiary/aromatic N) is 1. The highest BCUT2D eigenvalue weighted by atomic mass is 16.6. The zero-order valence-electron chi connectivity index (χ0n) is 16.8. The summed E-state index contributed by atoms with van der Waals surface area (Å²) in [6.45, 7) is 2.29. The van der Waals surface area contributed by atoms with Gasteiger partial charge >= 0.3 is 11.9 Å². The van der Waals surface area contributed by atoms with Gasteiger partial charge in [-0.3, -0.25) is 10.1 Å². The molecule has 0 saturated heterocycles. The topological polar surface area (TPSA) is 157 Å². The minimum absolute atomic E-state index is 0.0711. The van der Waals surface area contributed by atoms with Crippen LogP contribution in [0.4, 0.5) is 11.4 Å². The normalized spacial score (nSPS) is 9.60. The molecule has 0 bridgehead atoms. The van der Waals surface area contributed by atoms with E-state index in [1.807, 2.05) is 13.0 Å². The summed E-state index contributed by atoms with van der Waals surface area (Å²) < 4.78 is 16.0. The Labute approximate surface area is 172 Å². The fourth-order valence-corrected chi connectivity index (χ4v) is 2.38. The number of hydrogen-bond donors (Lipinski definition) is 3. The molecule has 0 fully saturated rings. The number of carboxylic acid groups (broad SMARTS) is 2. The summed E-state index contributed by atoms with van der Waals surface area (Å²) in [5, 5.41) is 28.8. The van der Waals surface area contributed by atoms with Crippen molar-refractivity contribution in [2.45, 2.75) is 13.5 Å². The molecule has 0 unspecified atom stereocenters. The Morgan fingerprint density at radius 2 is 1.50 bits per heavy atom. The van der Waals surface area contributed by atoms with Crippen molar-refractivity contribution >= 4 is 23.3 Å². The molecule has 162 valence electrons. The van der Waals surface area contributed by atoms with Crippen LogP contribution in [-0.2, 0) is 16.1 Å². The zero-order valence-corrected chi connectivity index (χ0v) is 16.8. The molecular formula is C19H22N2O9. The van der Waals surface area contributed by atoms with Gasteiger partial charge in [0.05, 0.1) is 26.3 Å². The van der Waals surface area contributed by atoms with Crippen molar-refractivity contribution in [2.75, 3.05) is 26.6 Å². The molecule has 30 heavy (non-hydrogen) atoms. The van der Waals surface area contributed by atoms with E-state index in [0.717, 1.165) is 16.8 Å². The first-order valence-electron chi connectivity index (χ1n) is 8.38. The highest BCUT2D eigenvalue weighted by Crippen LogP contribution is 2.35. The molecule has 0 aromatic heterocycles. The fourth-order valence-electron chi connectivity index (χ4n) is 2.38. The number of rotatable bonds is 7. The number of nitro benzene ring substituents is 1. The summed E-state index contributed by atoms with van der Waals surface area (Å²) in [5.74, 6) is -1.79. The third-order valence-corrected chi connectivity index (χ3v) is 3.86. The van der Waals surface area contributed by atoms with Crippen LogP contribution < -0.4 is 19.5 Å². The SMILES string of the molecule is COc1cc(OC)c(OC)cc1CNc1ccc([N+](=O)[O-])cc1C.O=C(O)C(=O)O. The number of nitrogens with one attached hydrogen (secondary N) is 1. The summed E-state index contributed by atoms with van der Waals surface area (Å²) >= 11 is 0. The Morgan fingerprint density at radius 1 is 0.967 bits per heavy atom. The van der Waals surface area contributed by atoms with Gasteiger partial charge in [0.25, 0.3) is 5.69 Å². The third kappa shape index (κ3) is 6.55. The minimum atomic E-state index is -1.82. The number of methoxy groups -OCH3 is 3. The van der Waals surface area contributed by atoms with Gasteiger partial charge in [-0.15, -0.1) is 0 Å². The molecule has 0 atom stereocenters. The van der Waals surface area contributed by atoms with Gasteiger partial charge in [0, 0.05) is 36.0 Å². The van der Waals surface area contributed by atoms with Crippen molar-refractivity contribution in [2.24, 2.45) is 0 Å². The van der Waals surface area contributed by atoms with Crippen LogP contribution in [0.2, 0.25) is 0 Å². The average molecular weight is 422 g/mol. The van der Waals surface area contributed by atoms with Crippen LogP contribution in [0.5, 0.6) is 17.2 Å². The molecule has 2 aromatic rings. The van der Waals surface area contributed by atoms with Crippen LogP contribution in [0.1, 0.15) is 11.1 Å². The molecule has 0 saturated carbocycles. The van der Waals surface area contributed by atoms with Crippen LogP contribution in [0.15, 0.2) is 30.3 Å². The van der Waals surface area contributed by atoms with Gasteiger partial charge in [0.15, 0.2) is 11.5 Å². The van der Waals surface area contributed by atoms with E-state index < -0.39 is 16.9 Å². The predicted molar refractivity (Wildman–Crippen MR) is 107 cm³/mol. The Bertz CT molecular complexity index is 916. The second-order valence-corrected chi connectivity index (χ2v) is 5.74. The number of ether oxygens (including phenoxy) is 3. The first kappa shape index (κ1) is 24.0. The van der Waals surface area contributed by atoms with Crippen LogP contribution in [0.3, 0.4) is 0 Å². The maximum atomic E-state index is 10.8. The first-order chi connectivity index (χ1) is 14.1. The number of benzene rings is 2. The quantitative estimate of drug-likeness (QED) is 0.344. The summed E-state index contributed by atoms with van der Waals surface area (Å²) in [5.41, 5.74) is 2.57. The summed E-state index contributed by atoms with van der Waals surface area (Å²) in [7, 11) is 4.72. The molecule has 0 radical (unpaired) electrons. The highest BCUT2D eigenvalue weighted by Gasteiger charge is 2.13. The molecule has 11 nitrogen and oxygen atoms in total. The molecule has 0 aliphatic heterocycles. The average Bonchev–Trinajstić information content (AvgIpc) is 2.72. The number of nitro groups is 1. The van der Waals surface area contributed by atoms with Gasteiger partial charge in [-0.05, 0) is 24.6 Å². The fraction of sp³-hybridized carbons (Fsp3) is 0.263. The van der Waals surface area contributed by atoms with Crippen LogP contribution >= 0.6 is 0 Å². The molecule has 0 heterocycles. The van der Waals surface area contributed by atoms with Gasteiger partial charge in [0.1, 0.15) is 5.75 Å². The van der Waals surface area contributed by atoms with E-state index in [-0.39, 0.29) is 5.69 Å². The summed E-state index contributed by atoms with van der Waals surface area (Å²) in [4.78, 5) is 28.6. The number of carboxylic acids is 2. The van der Waals surface area contributed by atoms with E-state index >= 15 is 0 Å². The Kier molecular flexibility index (Phi) is 8.88. The number of hydrogen-bond acceptors (Lipinski definition) is 8. The van der Waals surface area contributed by atoms with Gasteiger partial charge in [-0.1, -0.05) is 0 Å². The number of aliphatic carboxylic acids is 2. The van der Waals surface area contributed by atoms with E-state index in [1.165, 1.54) is 12.1 Å². The number of non-ortho nitro benzene ring substituents is 1. The van der Waals surface area contributed by atoms with Crippen molar-refractivity contribution in [1.82, 2.24) is 0 Å². The van der Waals surface area contributed by atoms with Crippen LogP contribution in [-0.4, -0.2) is 48.4 Å². The van der Waals surface area contributed by atoms with Crippen molar-refractivity contribution < 1.29 is 38.9 Å². The Morgan fingerprint density at radius 3 is 1.93 bits per heavy atom. The molecule has 0 aliphatic carbocycles. The van der Waals surface area contributed by atoms with Crippen molar-refractivity contribution in [1.29, 1.82) is 0 Å². The zero-order chi connectivity index (χ0) is 22.8. The molecule has 11 heteroatoms. The predicted octanol–water partition coefficient (Wildman–Crippen LogP) is 2.70. The lowest BCUT2D eigenvalue weighted by Crippen LogP contribution is -2.09. The second-order valence-electron chi connectivity index (χ2n) is 5.74.